The zero-order valence-corrected chi connectivity index (χ0v) is 16.4. The van der Waals surface area contributed by atoms with Crippen LogP contribution in [0.25, 0.3) is 16.7 Å². The highest BCUT2D eigenvalue weighted by Crippen LogP contribution is 2.25. The Labute approximate surface area is 167 Å². The molecule has 0 bridgehead atoms. The van der Waals surface area contributed by atoms with Gasteiger partial charge in [-0.3, -0.25) is 9.78 Å². The summed E-state index contributed by atoms with van der Waals surface area (Å²) in [5.74, 6) is 0.571. The molecular formula is C21H20N6O2. The normalized spacial score (nSPS) is 10.9. The van der Waals surface area contributed by atoms with Gasteiger partial charge in [-0.15, -0.1) is 10.2 Å². The van der Waals surface area contributed by atoms with Crippen LogP contribution in [-0.4, -0.2) is 37.5 Å². The van der Waals surface area contributed by atoms with Crippen molar-refractivity contribution in [2.75, 3.05) is 11.9 Å². The van der Waals surface area contributed by atoms with E-state index < -0.39 is 0 Å². The molecule has 0 atom stereocenters. The fourth-order valence-electron chi connectivity index (χ4n) is 3.11. The first-order chi connectivity index (χ1) is 14.0. The zero-order chi connectivity index (χ0) is 20.4. The summed E-state index contributed by atoms with van der Waals surface area (Å²) in [6.45, 7) is 5.62. The molecule has 0 radical (unpaired) electrons. The molecule has 8 nitrogen and oxygen atoms in total. The highest BCUT2D eigenvalue weighted by atomic mass is 16.5. The lowest BCUT2D eigenvalue weighted by Crippen LogP contribution is -2.21. The molecule has 0 spiro atoms. The number of aromatic nitrogens is 5. The molecule has 8 heteroatoms. The fraction of sp³-hybridized carbons (Fsp3) is 0.190. The monoisotopic (exact) mass is 388 g/mol. The van der Waals surface area contributed by atoms with Gasteiger partial charge in [-0.2, -0.15) is 5.10 Å². The first-order valence-corrected chi connectivity index (χ1v) is 9.15. The van der Waals surface area contributed by atoms with Crippen molar-refractivity contribution in [2.45, 2.75) is 20.8 Å². The van der Waals surface area contributed by atoms with Gasteiger partial charge in [0.2, 0.25) is 5.88 Å². The maximum Gasteiger partial charge on any atom is 0.262 e. The van der Waals surface area contributed by atoms with Crippen molar-refractivity contribution in [1.82, 2.24) is 25.0 Å². The second kappa shape index (κ2) is 7.67. The van der Waals surface area contributed by atoms with E-state index in [-0.39, 0.29) is 18.4 Å². The number of fused-ring (bicyclic) bond motifs is 1. The van der Waals surface area contributed by atoms with E-state index in [9.17, 15) is 4.79 Å². The molecular weight excluding hydrogens is 368 g/mol. The van der Waals surface area contributed by atoms with Gasteiger partial charge in [-0.05, 0) is 56.7 Å². The Morgan fingerprint density at radius 2 is 1.97 bits per heavy atom. The second-order valence-electron chi connectivity index (χ2n) is 6.73. The second-order valence-corrected chi connectivity index (χ2v) is 6.73. The van der Waals surface area contributed by atoms with Crippen molar-refractivity contribution in [2.24, 2.45) is 0 Å². The average Bonchev–Trinajstić information content (AvgIpc) is 3.07. The Kier molecular flexibility index (Phi) is 4.90. The number of pyridine rings is 1. The smallest absolute Gasteiger partial charge is 0.262 e. The van der Waals surface area contributed by atoms with Gasteiger partial charge >= 0.3 is 0 Å². The molecule has 1 N–H and O–H groups in total. The Morgan fingerprint density at radius 3 is 2.69 bits per heavy atom. The van der Waals surface area contributed by atoms with Crippen molar-refractivity contribution in [3.63, 3.8) is 0 Å². The first kappa shape index (κ1) is 18.5. The molecule has 0 saturated heterocycles. The average molecular weight is 388 g/mol. The molecule has 0 unspecified atom stereocenters. The summed E-state index contributed by atoms with van der Waals surface area (Å²) in [6, 6.07) is 13.0. The number of ether oxygens (including phenoxy) is 1. The van der Waals surface area contributed by atoms with Crippen molar-refractivity contribution in [1.29, 1.82) is 0 Å². The molecule has 0 saturated carbocycles. The summed E-state index contributed by atoms with van der Waals surface area (Å²) >= 11 is 0. The van der Waals surface area contributed by atoms with Crippen LogP contribution in [0.1, 0.15) is 17.0 Å². The molecule has 4 aromatic rings. The van der Waals surface area contributed by atoms with E-state index in [2.05, 4.69) is 25.6 Å². The number of nitrogens with zero attached hydrogens (tertiary/aromatic N) is 5. The third-order valence-corrected chi connectivity index (χ3v) is 4.46. The molecule has 3 aromatic heterocycles. The van der Waals surface area contributed by atoms with Crippen molar-refractivity contribution < 1.29 is 9.53 Å². The number of aryl methyl sites for hydroxylation is 3. The minimum atomic E-state index is -0.283. The number of nitrogens with one attached hydrogen (secondary N) is 1. The number of hydrogen-bond donors (Lipinski definition) is 1. The maximum absolute atomic E-state index is 12.4. The first-order valence-electron chi connectivity index (χ1n) is 9.15. The van der Waals surface area contributed by atoms with Crippen LogP contribution in [0.5, 0.6) is 5.88 Å². The van der Waals surface area contributed by atoms with Crippen LogP contribution in [0.2, 0.25) is 0 Å². The van der Waals surface area contributed by atoms with Gasteiger partial charge in [-0.25, -0.2) is 4.68 Å². The minimum absolute atomic E-state index is 0.177. The number of benzene rings is 1. The number of hydrogen-bond acceptors (Lipinski definition) is 6. The van der Waals surface area contributed by atoms with E-state index in [1.165, 1.54) is 0 Å². The molecule has 3 heterocycles. The summed E-state index contributed by atoms with van der Waals surface area (Å²) in [7, 11) is 0. The van der Waals surface area contributed by atoms with Gasteiger partial charge in [0.1, 0.15) is 0 Å². The molecule has 0 aliphatic heterocycles. The number of carbonyl (C=O) groups is 1. The summed E-state index contributed by atoms with van der Waals surface area (Å²) in [6.07, 6.45) is 1.72. The Balaban J connectivity index is 1.43. The van der Waals surface area contributed by atoms with Crippen molar-refractivity contribution in [3.8, 4) is 11.7 Å². The molecule has 29 heavy (non-hydrogen) atoms. The lowest BCUT2D eigenvalue weighted by Gasteiger charge is -2.12. The molecule has 1 amide bonds. The summed E-state index contributed by atoms with van der Waals surface area (Å²) in [5, 5.41) is 16.3. The maximum atomic E-state index is 12.4. The summed E-state index contributed by atoms with van der Waals surface area (Å²) in [4.78, 5) is 16.7. The van der Waals surface area contributed by atoms with Gasteiger partial charge in [0.05, 0.1) is 16.9 Å². The molecule has 146 valence electrons. The third kappa shape index (κ3) is 3.91. The zero-order valence-electron chi connectivity index (χ0n) is 16.4. The van der Waals surface area contributed by atoms with Crippen LogP contribution in [0.15, 0.2) is 48.7 Å². The highest BCUT2D eigenvalue weighted by molar-refractivity contribution is 6.02. The predicted octanol–water partition coefficient (Wildman–Crippen LogP) is 3.15. The van der Waals surface area contributed by atoms with E-state index in [0.717, 1.165) is 33.5 Å². The van der Waals surface area contributed by atoms with E-state index >= 15 is 0 Å². The number of amides is 1. The molecule has 1 aromatic carbocycles. The van der Waals surface area contributed by atoms with Crippen LogP contribution in [0.4, 0.5) is 5.69 Å². The predicted molar refractivity (Wildman–Crippen MR) is 109 cm³/mol. The quantitative estimate of drug-likeness (QED) is 0.564. The molecule has 0 aliphatic carbocycles. The minimum Gasteiger partial charge on any atom is -0.466 e. The SMILES string of the molecule is Cc1cc(C)n(-c2ccc(OCC(=O)Nc3c(C)ccc4ncccc34)nn2)n1. The fourth-order valence-corrected chi connectivity index (χ4v) is 3.11. The molecule has 0 aliphatic rings. The van der Waals surface area contributed by atoms with Gasteiger partial charge in [0, 0.05) is 23.3 Å². The molecule has 0 fully saturated rings. The lowest BCUT2D eigenvalue weighted by molar-refractivity contribution is -0.118. The topological polar surface area (TPSA) is 94.8 Å². The van der Waals surface area contributed by atoms with Gasteiger partial charge in [0.25, 0.3) is 5.91 Å². The third-order valence-electron chi connectivity index (χ3n) is 4.46. The summed E-state index contributed by atoms with van der Waals surface area (Å²) < 4.78 is 7.19. The van der Waals surface area contributed by atoms with Crippen molar-refractivity contribution >= 4 is 22.5 Å². The van der Waals surface area contributed by atoms with E-state index in [0.29, 0.717) is 5.82 Å². The summed E-state index contributed by atoms with van der Waals surface area (Å²) in [5.41, 5.74) is 4.37. The van der Waals surface area contributed by atoms with Crippen LogP contribution < -0.4 is 10.1 Å². The van der Waals surface area contributed by atoms with E-state index in [4.69, 9.17) is 4.74 Å². The van der Waals surface area contributed by atoms with Gasteiger partial charge < -0.3 is 10.1 Å². The highest BCUT2D eigenvalue weighted by Gasteiger charge is 2.11. The standard InChI is InChI=1S/C21H20N6O2/c1-13-6-7-17-16(5-4-10-22-17)21(13)23-19(28)12-29-20-9-8-18(24-25-20)27-15(3)11-14(2)26-27/h4-11H,12H2,1-3H3,(H,23,28). The van der Waals surface area contributed by atoms with Crippen LogP contribution in [-0.2, 0) is 4.79 Å². The lowest BCUT2D eigenvalue weighted by atomic mass is 10.1. The Bertz CT molecular complexity index is 1180. The Morgan fingerprint density at radius 1 is 1.10 bits per heavy atom. The number of carbonyl (C=O) groups excluding carboxylic acids is 1. The number of anilines is 1. The van der Waals surface area contributed by atoms with Gasteiger partial charge in [-0.1, -0.05) is 6.07 Å². The van der Waals surface area contributed by atoms with E-state index in [1.54, 1.807) is 23.0 Å². The van der Waals surface area contributed by atoms with Gasteiger partial charge in [0.15, 0.2) is 12.4 Å². The van der Waals surface area contributed by atoms with Crippen LogP contribution in [0.3, 0.4) is 0 Å². The van der Waals surface area contributed by atoms with Crippen LogP contribution >= 0.6 is 0 Å². The van der Waals surface area contributed by atoms with Crippen LogP contribution in [0, 0.1) is 20.8 Å². The van der Waals surface area contributed by atoms with Crippen molar-refractivity contribution in [3.05, 3.63) is 65.6 Å². The molecule has 4 rings (SSSR count). The Hall–Kier alpha value is -3.81. The number of rotatable bonds is 5. The van der Waals surface area contributed by atoms with E-state index in [1.807, 2.05) is 51.1 Å². The largest absolute Gasteiger partial charge is 0.466 e.